The predicted molar refractivity (Wildman–Crippen MR) is 132 cm³/mol. The standard InChI is InChI=1S/C27H32N2O3S/c1-18-4-3-5-22(16-18)25-24-17-23(32-19(2)26(30)28-12-14-33-15-13-28)9-8-20(24)10-11-29(25)27(31)21-6-7-21/h3-5,8-9,16-17,19,21,25H,6-7,10-15H2,1-2H3/t19-,25+/m1/s1. The molecule has 1 saturated carbocycles. The minimum atomic E-state index is -0.531. The van der Waals surface area contributed by atoms with Crippen molar-refractivity contribution in [2.24, 2.45) is 5.92 Å². The molecule has 0 N–H and O–H groups in total. The van der Waals surface area contributed by atoms with Crippen molar-refractivity contribution in [1.29, 1.82) is 0 Å². The van der Waals surface area contributed by atoms with Gasteiger partial charge in [-0.15, -0.1) is 0 Å². The third-order valence-corrected chi connectivity index (χ3v) is 7.84. The highest BCUT2D eigenvalue weighted by Gasteiger charge is 2.39. The van der Waals surface area contributed by atoms with Crippen molar-refractivity contribution in [2.45, 2.75) is 45.3 Å². The second-order valence-corrected chi connectivity index (χ2v) is 10.7. The van der Waals surface area contributed by atoms with Gasteiger partial charge in [-0.25, -0.2) is 0 Å². The van der Waals surface area contributed by atoms with Gasteiger partial charge in [-0.3, -0.25) is 9.59 Å². The normalized spacial score (nSPS) is 21.3. The van der Waals surface area contributed by atoms with E-state index in [9.17, 15) is 9.59 Å². The smallest absolute Gasteiger partial charge is 0.263 e. The topological polar surface area (TPSA) is 49.9 Å². The molecule has 2 aliphatic heterocycles. The number of benzene rings is 2. The third-order valence-electron chi connectivity index (χ3n) is 6.90. The SMILES string of the molecule is Cc1cccc([C@H]2c3cc(O[C@H](C)C(=O)N4CCSCC4)ccc3CCN2C(=O)C2CC2)c1. The highest BCUT2D eigenvalue weighted by Crippen LogP contribution is 2.41. The van der Waals surface area contributed by atoms with E-state index in [0.29, 0.717) is 5.75 Å². The minimum Gasteiger partial charge on any atom is -0.481 e. The summed E-state index contributed by atoms with van der Waals surface area (Å²) in [5.41, 5.74) is 4.69. The molecule has 5 nitrogen and oxygen atoms in total. The van der Waals surface area contributed by atoms with Crippen LogP contribution in [0.3, 0.4) is 0 Å². The lowest BCUT2D eigenvalue weighted by Crippen LogP contribution is -2.44. The molecule has 2 aromatic carbocycles. The number of nitrogens with zero attached hydrogens (tertiary/aromatic N) is 2. The average molecular weight is 465 g/mol. The summed E-state index contributed by atoms with van der Waals surface area (Å²) in [6.07, 6.45) is 2.31. The lowest BCUT2D eigenvalue weighted by molar-refractivity contribution is -0.137. The monoisotopic (exact) mass is 464 g/mol. The Bertz CT molecular complexity index is 1050. The number of carbonyl (C=O) groups excluding carboxylic acids is 2. The molecular formula is C27H32N2O3S. The van der Waals surface area contributed by atoms with Crippen LogP contribution in [0.1, 0.15) is 48.1 Å². The van der Waals surface area contributed by atoms with Crippen LogP contribution in [0.2, 0.25) is 0 Å². The second-order valence-electron chi connectivity index (χ2n) is 9.43. The van der Waals surface area contributed by atoms with E-state index in [4.69, 9.17) is 4.74 Å². The first kappa shape index (κ1) is 22.3. The Morgan fingerprint density at radius 3 is 2.58 bits per heavy atom. The van der Waals surface area contributed by atoms with Crippen LogP contribution in [0.25, 0.3) is 0 Å². The summed E-state index contributed by atoms with van der Waals surface area (Å²) < 4.78 is 6.16. The van der Waals surface area contributed by atoms with Gasteiger partial charge in [-0.2, -0.15) is 11.8 Å². The lowest BCUT2D eigenvalue weighted by Gasteiger charge is -2.38. The van der Waals surface area contributed by atoms with Gasteiger partial charge in [-0.05, 0) is 61.9 Å². The molecule has 0 spiro atoms. The van der Waals surface area contributed by atoms with Crippen LogP contribution in [-0.4, -0.2) is 58.9 Å². The summed E-state index contributed by atoms with van der Waals surface area (Å²) in [6, 6.07) is 14.5. The number of hydrogen-bond acceptors (Lipinski definition) is 4. The molecule has 2 amide bonds. The predicted octanol–water partition coefficient (Wildman–Crippen LogP) is 4.22. The Balaban J connectivity index is 1.44. The van der Waals surface area contributed by atoms with Gasteiger partial charge in [0.15, 0.2) is 6.10 Å². The van der Waals surface area contributed by atoms with Gasteiger partial charge < -0.3 is 14.5 Å². The Kier molecular flexibility index (Phi) is 6.37. The van der Waals surface area contributed by atoms with E-state index in [-0.39, 0.29) is 23.8 Å². The van der Waals surface area contributed by atoms with Gasteiger partial charge >= 0.3 is 0 Å². The quantitative estimate of drug-likeness (QED) is 0.665. The first-order valence-corrected chi connectivity index (χ1v) is 13.2. The Hall–Kier alpha value is -2.47. The van der Waals surface area contributed by atoms with E-state index < -0.39 is 6.10 Å². The van der Waals surface area contributed by atoms with Crippen LogP contribution in [-0.2, 0) is 16.0 Å². The zero-order valence-electron chi connectivity index (χ0n) is 19.5. The maximum absolute atomic E-state index is 13.2. The van der Waals surface area contributed by atoms with E-state index in [2.05, 4.69) is 48.2 Å². The molecule has 0 unspecified atom stereocenters. The fraction of sp³-hybridized carbons (Fsp3) is 0.481. The first-order chi connectivity index (χ1) is 16.0. The van der Waals surface area contributed by atoms with Gasteiger partial charge in [0.2, 0.25) is 5.91 Å². The molecule has 1 aliphatic carbocycles. The van der Waals surface area contributed by atoms with Crippen molar-refractivity contribution in [3.63, 3.8) is 0 Å². The molecule has 2 heterocycles. The number of carbonyl (C=O) groups is 2. The largest absolute Gasteiger partial charge is 0.481 e. The van der Waals surface area contributed by atoms with Gasteiger partial charge in [0.1, 0.15) is 5.75 Å². The average Bonchev–Trinajstić information content (AvgIpc) is 3.68. The van der Waals surface area contributed by atoms with Gasteiger partial charge in [0, 0.05) is 37.1 Å². The zero-order valence-corrected chi connectivity index (χ0v) is 20.3. The summed E-state index contributed by atoms with van der Waals surface area (Å²) in [5.74, 6) is 3.16. The number of amides is 2. The molecule has 33 heavy (non-hydrogen) atoms. The summed E-state index contributed by atoms with van der Waals surface area (Å²) in [7, 11) is 0. The van der Waals surface area contributed by atoms with Crippen LogP contribution in [0.4, 0.5) is 0 Å². The van der Waals surface area contributed by atoms with Gasteiger partial charge in [0.25, 0.3) is 5.91 Å². The van der Waals surface area contributed by atoms with Crippen molar-refractivity contribution >= 4 is 23.6 Å². The molecule has 1 saturated heterocycles. The highest BCUT2D eigenvalue weighted by molar-refractivity contribution is 7.99. The molecule has 0 aromatic heterocycles. The molecule has 174 valence electrons. The van der Waals surface area contributed by atoms with E-state index in [1.54, 1.807) is 0 Å². The van der Waals surface area contributed by atoms with Crippen LogP contribution in [0.15, 0.2) is 42.5 Å². The maximum Gasteiger partial charge on any atom is 0.263 e. The van der Waals surface area contributed by atoms with Crippen molar-refractivity contribution in [3.8, 4) is 5.75 Å². The van der Waals surface area contributed by atoms with Crippen molar-refractivity contribution in [1.82, 2.24) is 9.80 Å². The summed E-state index contributed by atoms with van der Waals surface area (Å²) in [6.45, 7) is 6.24. The number of aryl methyl sites for hydroxylation is 1. The van der Waals surface area contributed by atoms with Crippen molar-refractivity contribution in [2.75, 3.05) is 31.1 Å². The molecule has 2 fully saturated rings. The molecule has 0 bridgehead atoms. The first-order valence-electron chi connectivity index (χ1n) is 12.0. The minimum absolute atomic E-state index is 0.0498. The van der Waals surface area contributed by atoms with Crippen LogP contribution < -0.4 is 4.74 Å². The molecule has 6 heteroatoms. The molecular weight excluding hydrogens is 432 g/mol. The van der Waals surface area contributed by atoms with Gasteiger partial charge in [-0.1, -0.05) is 35.9 Å². The molecule has 0 radical (unpaired) electrons. The highest BCUT2D eigenvalue weighted by atomic mass is 32.2. The Labute approximate surface area is 200 Å². The number of ether oxygens (including phenoxy) is 1. The summed E-state index contributed by atoms with van der Waals surface area (Å²) >= 11 is 1.89. The van der Waals surface area contributed by atoms with Gasteiger partial charge in [0.05, 0.1) is 6.04 Å². The zero-order chi connectivity index (χ0) is 22.9. The van der Waals surface area contributed by atoms with E-state index in [0.717, 1.165) is 61.5 Å². The van der Waals surface area contributed by atoms with E-state index >= 15 is 0 Å². The van der Waals surface area contributed by atoms with E-state index in [1.807, 2.05) is 29.7 Å². The molecule has 3 aliphatic rings. The summed E-state index contributed by atoms with van der Waals surface area (Å²) in [4.78, 5) is 30.1. The Morgan fingerprint density at radius 2 is 1.85 bits per heavy atom. The third kappa shape index (κ3) is 4.77. The molecule has 2 atom stereocenters. The molecule has 5 rings (SSSR count). The fourth-order valence-electron chi connectivity index (χ4n) is 4.96. The van der Waals surface area contributed by atoms with Crippen LogP contribution in [0, 0.1) is 12.8 Å². The summed E-state index contributed by atoms with van der Waals surface area (Å²) in [5, 5.41) is 0. The van der Waals surface area contributed by atoms with E-state index in [1.165, 1.54) is 11.1 Å². The second kappa shape index (κ2) is 9.41. The number of rotatable bonds is 5. The number of thioether (sulfide) groups is 1. The molecule has 2 aromatic rings. The fourth-order valence-corrected chi connectivity index (χ4v) is 5.87. The Morgan fingerprint density at radius 1 is 1.06 bits per heavy atom. The van der Waals surface area contributed by atoms with Crippen LogP contribution >= 0.6 is 11.8 Å². The number of fused-ring (bicyclic) bond motifs is 1. The van der Waals surface area contributed by atoms with Crippen molar-refractivity contribution in [3.05, 3.63) is 64.7 Å². The van der Waals surface area contributed by atoms with Crippen molar-refractivity contribution < 1.29 is 14.3 Å². The number of hydrogen-bond donors (Lipinski definition) is 0. The lowest BCUT2D eigenvalue weighted by atomic mass is 9.87. The van der Waals surface area contributed by atoms with Crippen LogP contribution in [0.5, 0.6) is 5.75 Å². The maximum atomic E-state index is 13.2.